The van der Waals surface area contributed by atoms with Gasteiger partial charge in [-0.15, -0.1) is 0 Å². The van der Waals surface area contributed by atoms with Crippen LogP contribution >= 0.6 is 0 Å². The predicted molar refractivity (Wildman–Crippen MR) is 61.5 cm³/mol. The summed E-state index contributed by atoms with van der Waals surface area (Å²) in [5, 5.41) is 17.7. The average Bonchev–Trinajstić information content (AvgIpc) is 2.82. The Morgan fingerprint density at radius 1 is 1.19 bits per heavy atom. The van der Waals surface area contributed by atoms with Crippen molar-refractivity contribution in [1.29, 1.82) is 0 Å². The van der Waals surface area contributed by atoms with Crippen LogP contribution in [0.2, 0.25) is 0 Å². The molecule has 0 radical (unpaired) electrons. The van der Waals surface area contributed by atoms with Gasteiger partial charge in [-0.2, -0.15) is 15.0 Å². The van der Waals surface area contributed by atoms with Gasteiger partial charge in [-0.05, 0) is 11.6 Å². The molecule has 4 nitrogen and oxygen atoms in total. The first-order valence-corrected chi connectivity index (χ1v) is 5.22. The highest BCUT2D eigenvalue weighted by Gasteiger charge is 2.23. The molecule has 4 heteroatoms. The summed E-state index contributed by atoms with van der Waals surface area (Å²) >= 11 is 0. The molecule has 1 N–H and O–H groups in total. The second-order valence-corrected chi connectivity index (χ2v) is 4.38. The van der Waals surface area contributed by atoms with Crippen molar-refractivity contribution in [2.45, 2.75) is 19.3 Å². The van der Waals surface area contributed by atoms with Gasteiger partial charge in [0.25, 0.3) is 0 Å². The minimum atomic E-state index is -0.301. The number of aromatic nitrogens is 3. The van der Waals surface area contributed by atoms with Crippen LogP contribution in [0, 0.1) is 0 Å². The van der Waals surface area contributed by atoms with Gasteiger partial charge in [-0.3, -0.25) is 0 Å². The standard InChI is InChI=1S/C12H15N3O/c1-12(2,9-16)10-5-3-4-6-11(10)15-13-7-8-14-15/h3-8,16H,9H2,1-2H3. The zero-order valence-corrected chi connectivity index (χ0v) is 9.46. The Kier molecular flexibility index (Phi) is 2.75. The van der Waals surface area contributed by atoms with Crippen LogP contribution in [-0.4, -0.2) is 26.7 Å². The summed E-state index contributed by atoms with van der Waals surface area (Å²) in [5.74, 6) is 0. The Hall–Kier alpha value is -1.68. The lowest BCUT2D eigenvalue weighted by Crippen LogP contribution is -2.24. The first kappa shape index (κ1) is 10.8. The molecule has 16 heavy (non-hydrogen) atoms. The van der Waals surface area contributed by atoms with Gasteiger partial charge in [-0.25, -0.2) is 0 Å². The van der Waals surface area contributed by atoms with E-state index in [9.17, 15) is 5.11 Å². The third-order valence-corrected chi connectivity index (χ3v) is 2.66. The molecule has 2 rings (SSSR count). The lowest BCUT2D eigenvalue weighted by Gasteiger charge is -2.24. The first-order valence-electron chi connectivity index (χ1n) is 5.22. The van der Waals surface area contributed by atoms with Crippen LogP contribution in [0.1, 0.15) is 19.4 Å². The smallest absolute Gasteiger partial charge is 0.0894 e. The summed E-state index contributed by atoms with van der Waals surface area (Å²) in [6.07, 6.45) is 3.28. The van der Waals surface area contributed by atoms with Crippen LogP contribution in [0.15, 0.2) is 36.7 Å². The van der Waals surface area contributed by atoms with Crippen molar-refractivity contribution in [3.8, 4) is 5.69 Å². The lowest BCUT2D eigenvalue weighted by molar-refractivity contribution is 0.218. The summed E-state index contributed by atoms with van der Waals surface area (Å²) in [6.45, 7) is 4.08. The van der Waals surface area contributed by atoms with Crippen LogP contribution in [0.25, 0.3) is 5.69 Å². The number of rotatable bonds is 3. The zero-order chi connectivity index (χ0) is 11.6. The summed E-state index contributed by atoms with van der Waals surface area (Å²) in [5.41, 5.74) is 1.64. The minimum absolute atomic E-state index is 0.0886. The Bertz CT molecular complexity index is 463. The number of hydrogen-bond acceptors (Lipinski definition) is 3. The third kappa shape index (κ3) is 1.84. The average molecular weight is 217 g/mol. The Labute approximate surface area is 94.5 Å². The quantitative estimate of drug-likeness (QED) is 0.848. The van der Waals surface area contributed by atoms with E-state index in [0.717, 1.165) is 11.3 Å². The molecule has 0 aliphatic heterocycles. The van der Waals surface area contributed by atoms with Crippen molar-refractivity contribution in [3.63, 3.8) is 0 Å². The predicted octanol–water partition coefficient (Wildman–Crippen LogP) is 1.54. The number of para-hydroxylation sites is 1. The van der Waals surface area contributed by atoms with E-state index in [1.165, 1.54) is 0 Å². The zero-order valence-electron chi connectivity index (χ0n) is 9.46. The van der Waals surface area contributed by atoms with Crippen LogP contribution in [0.4, 0.5) is 0 Å². The third-order valence-electron chi connectivity index (χ3n) is 2.66. The molecule has 1 aromatic heterocycles. The fourth-order valence-electron chi connectivity index (χ4n) is 1.65. The van der Waals surface area contributed by atoms with Crippen LogP contribution in [-0.2, 0) is 5.41 Å². The van der Waals surface area contributed by atoms with Gasteiger partial charge in [0.05, 0.1) is 24.7 Å². The Balaban J connectivity index is 2.55. The van der Waals surface area contributed by atoms with E-state index in [-0.39, 0.29) is 12.0 Å². The van der Waals surface area contributed by atoms with Gasteiger partial charge in [0.2, 0.25) is 0 Å². The van der Waals surface area contributed by atoms with Gasteiger partial charge in [-0.1, -0.05) is 32.0 Å². The molecule has 0 fully saturated rings. The normalized spacial score (nSPS) is 11.7. The topological polar surface area (TPSA) is 50.9 Å². The number of aliphatic hydroxyl groups excluding tert-OH is 1. The van der Waals surface area contributed by atoms with Crippen molar-refractivity contribution in [2.24, 2.45) is 0 Å². The minimum Gasteiger partial charge on any atom is -0.395 e. The maximum absolute atomic E-state index is 9.42. The van der Waals surface area contributed by atoms with Gasteiger partial charge < -0.3 is 5.11 Å². The summed E-state index contributed by atoms with van der Waals surface area (Å²) < 4.78 is 0. The molecule has 84 valence electrons. The molecular formula is C12H15N3O. The van der Waals surface area contributed by atoms with Gasteiger partial charge >= 0.3 is 0 Å². The lowest BCUT2D eigenvalue weighted by atomic mass is 9.84. The summed E-state index contributed by atoms with van der Waals surface area (Å²) in [4.78, 5) is 1.58. The van der Waals surface area contributed by atoms with E-state index in [4.69, 9.17) is 0 Å². The molecule has 1 heterocycles. The van der Waals surface area contributed by atoms with E-state index in [2.05, 4.69) is 10.2 Å². The van der Waals surface area contributed by atoms with Crippen LogP contribution in [0.5, 0.6) is 0 Å². The molecule has 0 atom stereocenters. The summed E-state index contributed by atoms with van der Waals surface area (Å²) in [7, 11) is 0. The molecule has 0 bridgehead atoms. The molecule has 0 saturated heterocycles. The molecule has 0 spiro atoms. The van der Waals surface area contributed by atoms with E-state index in [1.807, 2.05) is 38.1 Å². The van der Waals surface area contributed by atoms with E-state index in [0.29, 0.717) is 0 Å². The molecule has 0 aliphatic carbocycles. The summed E-state index contributed by atoms with van der Waals surface area (Å²) in [6, 6.07) is 7.84. The fourth-order valence-corrected chi connectivity index (χ4v) is 1.65. The molecule has 2 aromatic rings. The van der Waals surface area contributed by atoms with E-state index < -0.39 is 0 Å². The second kappa shape index (κ2) is 4.06. The maximum atomic E-state index is 9.42. The van der Waals surface area contributed by atoms with Crippen molar-refractivity contribution in [1.82, 2.24) is 15.0 Å². The van der Waals surface area contributed by atoms with Gasteiger partial charge in [0.15, 0.2) is 0 Å². The van der Waals surface area contributed by atoms with Gasteiger partial charge in [0.1, 0.15) is 0 Å². The van der Waals surface area contributed by atoms with E-state index >= 15 is 0 Å². The number of aliphatic hydroxyl groups is 1. The van der Waals surface area contributed by atoms with Gasteiger partial charge in [0, 0.05) is 5.41 Å². The highest BCUT2D eigenvalue weighted by atomic mass is 16.3. The van der Waals surface area contributed by atoms with Crippen molar-refractivity contribution < 1.29 is 5.11 Å². The Morgan fingerprint density at radius 3 is 2.44 bits per heavy atom. The van der Waals surface area contributed by atoms with E-state index in [1.54, 1.807) is 17.2 Å². The highest BCUT2D eigenvalue weighted by Crippen LogP contribution is 2.27. The number of benzene rings is 1. The Morgan fingerprint density at radius 2 is 1.81 bits per heavy atom. The maximum Gasteiger partial charge on any atom is 0.0894 e. The highest BCUT2D eigenvalue weighted by molar-refractivity contribution is 5.43. The first-order chi connectivity index (χ1) is 7.65. The molecule has 1 aromatic carbocycles. The van der Waals surface area contributed by atoms with Crippen molar-refractivity contribution >= 4 is 0 Å². The van der Waals surface area contributed by atoms with Crippen LogP contribution in [0.3, 0.4) is 0 Å². The molecule has 0 aliphatic rings. The SMILES string of the molecule is CC(C)(CO)c1ccccc1-n1nccn1. The fraction of sp³-hybridized carbons (Fsp3) is 0.333. The van der Waals surface area contributed by atoms with Crippen LogP contribution < -0.4 is 0 Å². The molecule has 0 amide bonds. The van der Waals surface area contributed by atoms with Crippen molar-refractivity contribution in [3.05, 3.63) is 42.2 Å². The molecule has 0 saturated carbocycles. The monoisotopic (exact) mass is 217 g/mol. The van der Waals surface area contributed by atoms with Crippen molar-refractivity contribution in [2.75, 3.05) is 6.61 Å². The molecule has 0 unspecified atom stereocenters. The number of hydrogen-bond donors (Lipinski definition) is 1. The largest absolute Gasteiger partial charge is 0.395 e. The molecular weight excluding hydrogens is 202 g/mol. The number of nitrogens with zero attached hydrogens (tertiary/aromatic N) is 3. The second-order valence-electron chi connectivity index (χ2n) is 4.38.